The number of hydrogen-bond donors (Lipinski definition) is 2. The lowest BCUT2D eigenvalue weighted by Crippen LogP contribution is -2.48. The zero-order valence-corrected chi connectivity index (χ0v) is 14.5. The van der Waals surface area contributed by atoms with Gasteiger partial charge in [0.2, 0.25) is 5.91 Å². The number of hydrogen-bond acceptors (Lipinski definition) is 4. The summed E-state index contributed by atoms with van der Waals surface area (Å²) in [5.41, 5.74) is -0.617. The van der Waals surface area contributed by atoms with Gasteiger partial charge in [-0.2, -0.15) is 0 Å². The Morgan fingerprint density at radius 1 is 1.22 bits per heavy atom. The fraction of sp³-hybridized carbons (Fsp3) is 0.882. The van der Waals surface area contributed by atoms with E-state index in [9.17, 15) is 14.7 Å². The van der Waals surface area contributed by atoms with Crippen molar-refractivity contribution >= 4 is 12.0 Å². The summed E-state index contributed by atoms with van der Waals surface area (Å²) in [5.74, 6) is 0.354. The topological polar surface area (TPSA) is 78.9 Å². The van der Waals surface area contributed by atoms with E-state index < -0.39 is 23.8 Å². The monoisotopic (exact) mass is 326 g/mol. The number of amides is 2. The number of rotatable bonds is 3. The summed E-state index contributed by atoms with van der Waals surface area (Å²) < 4.78 is 5.34. The number of nitrogens with one attached hydrogen (secondary N) is 1. The first-order valence-corrected chi connectivity index (χ1v) is 8.71. The Morgan fingerprint density at radius 3 is 2.48 bits per heavy atom. The molecule has 2 fully saturated rings. The Labute approximate surface area is 138 Å². The number of likely N-dealkylation sites (tertiary alicyclic amines) is 1. The predicted molar refractivity (Wildman–Crippen MR) is 86.9 cm³/mol. The molecule has 0 radical (unpaired) electrons. The maximum atomic E-state index is 12.4. The average Bonchev–Trinajstić information content (AvgIpc) is 2.86. The lowest BCUT2D eigenvalue weighted by atomic mass is 9.89. The first-order valence-electron chi connectivity index (χ1n) is 8.71. The molecule has 0 unspecified atom stereocenters. The van der Waals surface area contributed by atoms with Crippen molar-refractivity contribution in [1.82, 2.24) is 10.2 Å². The van der Waals surface area contributed by atoms with Crippen molar-refractivity contribution in [2.24, 2.45) is 5.92 Å². The molecule has 1 heterocycles. The number of carbonyl (C=O) groups is 2. The van der Waals surface area contributed by atoms with E-state index >= 15 is 0 Å². The number of nitrogens with zero attached hydrogens (tertiary/aromatic N) is 1. The van der Waals surface area contributed by atoms with Crippen molar-refractivity contribution in [1.29, 1.82) is 0 Å². The Balaban J connectivity index is 1.89. The highest BCUT2D eigenvalue weighted by atomic mass is 16.6. The van der Waals surface area contributed by atoms with Gasteiger partial charge in [0.15, 0.2) is 0 Å². The zero-order chi connectivity index (χ0) is 17.0. The van der Waals surface area contributed by atoms with Crippen LogP contribution in [0.15, 0.2) is 0 Å². The summed E-state index contributed by atoms with van der Waals surface area (Å²) in [5, 5.41) is 12.8. The van der Waals surface area contributed by atoms with Crippen LogP contribution in [0.2, 0.25) is 0 Å². The smallest absolute Gasteiger partial charge is 0.411 e. The maximum Gasteiger partial charge on any atom is 0.411 e. The van der Waals surface area contributed by atoms with Crippen molar-refractivity contribution in [3.8, 4) is 0 Å². The summed E-state index contributed by atoms with van der Waals surface area (Å²) in [7, 11) is 0. The number of carbonyl (C=O) groups excluding carboxylic acids is 2. The summed E-state index contributed by atoms with van der Waals surface area (Å²) in [6.07, 6.45) is 5.12. The highest BCUT2D eigenvalue weighted by Gasteiger charge is 2.40. The van der Waals surface area contributed by atoms with E-state index in [2.05, 4.69) is 5.32 Å². The van der Waals surface area contributed by atoms with Crippen molar-refractivity contribution < 1.29 is 19.4 Å². The molecule has 132 valence electrons. The number of aliphatic hydroxyl groups excluding tert-OH is 1. The fourth-order valence-corrected chi connectivity index (χ4v) is 3.34. The molecule has 0 aromatic carbocycles. The minimum absolute atomic E-state index is 0.149. The van der Waals surface area contributed by atoms with Crippen LogP contribution >= 0.6 is 0 Å². The number of ether oxygens (including phenoxy) is 1. The molecular weight excluding hydrogens is 296 g/mol. The van der Waals surface area contributed by atoms with Gasteiger partial charge >= 0.3 is 6.09 Å². The maximum absolute atomic E-state index is 12.4. The van der Waals surface area contributed by atoms with Gasteiger partial charge in [0.25, 0.3) is 0 Å². The first-order chi connectivity index (χ1) is 10.8. The fourth-order valence-electron chi connectivity index (χ4n) is 3.34. The van der Waals surface area contributed by atoms with Gasteiger partial charge < -0.3 is 15.2 Å². The van der Waals surface area contributed by atoms with Crippen molar-refractivity contribution in [2.45, 2.75) is 77.0 Å². The van der Waals surface area contributed by atoms with Gasteiger partial charge in [-0.25, -0.2) is 4.79 Å². The molecule has 2 amide bonds. The second kappa shape index (κ2) is 7.51. The van der Waals surface area contributed by atoms with Crippen LogP contribution in [0.25, 0.3) is 0 Å². The van der Waals surface area contributed by atoms with Gasteiger partial charge in [-0.3, -0.25) is 9.69 Å². The molecule has 2 aliphatic rings. The summed E-state index contributed by atoms with van der Waals surface area (Å²) in [6.45, 7) is 6.17. The highest BCUT2D eigenvalue weighted by Crippen LogP contribution is 2.24. The normalized spacial score (nSPS) is 26.2. The second-order valence-corrected chi connectivity index (χ2v) is 7.79. The Bertz CT molecular complexity index is 427. The molecule has 0 aromatic rings. The molecular formula is C17H30N2O4. The van der Waals surface area contributed by atoms with E-state index in [1.165, 1.54) is 24.2 Å². The third kappa shape index (κ3) is 5.37. The number of aliphatic hydroxyl groups is 1. The lowest BCUT2D eigenvalue weighted by Gasteiger charge is -2.28. The Kier molecular flexibility index (Phi) is 5.89. The van der Waals surface area contributed by atoms with Crippen LogP contribution in [0, 0.1) is 5.92 Å². The summed E-state index contributed by atoms with van der Waals surface area (Å²) >= 11 is 0. The molecule has 6 nitrogen and oxygen atoms in total. The van der Waals surface area contributed by atoms with Crippen LogP contribution in [0.5, 0.6) is 0 Å². The Morgan fingerprint density at radius 2 is 1.87 bits per heavy atom. The molecule has 1 saturated heterocycles. The standard InChI is InChI=1S/C17H30N2O4/c1-17(2,3)23-16(22)19-11-13(20)9-14(19)15(21)18-10-12-7-5-4-6-8-12/h12-14,20H,4-11H2,1-3H3,(H,18,21)/t13-,14+/m1/s1. The molecule has 0 spiro atoms. The highest BCUT2D eigenvalue weighted by molar-refractivity contribution is 5.86. The van der Waals surface area contributed by atoms with Crippen LogP contribution in [-0.2, 0) is 9.53 Å². The van der Waals surface area contributed by atoms with Crippen LogP contribution in [0.1, 0.15) is 59.3 Å². The Hall–Kier alpha value is -1.30. The van der Waals surface area contributed by atoms with Crippen LogP contribution in [-0.4, -0.2) is 52.8 Å². The quantitative estimate of drug-likeness (QED) is 0.832. The van der Waals surface area contributed by atoms with Crippen molar-refractivity contribution in [3.63, 3.8) is 0 Å². The third-order valence-corrected chi connectivity index (χ3v) is 4.50. The van der Waals surface area contributed by atoms with Gasteiger partial charge in [0.1, 0.15) is 11.6 Å². The van der Waals surface area contributed by atoms with E-state index in [4.69, 9.17) is 4.74 Å². The van der Waals surface area contributed by atoms with Crippen LogP contribution in [0.3, 0.4) is 0 Å². The first kappa shape index (κ1) is 18.0. The van der Waals surface area contributed by atoms with Gasteiger partial charge in [0.05, 0.1) is 12.6 Å². The second-order valence-electron chi connectivity index (χ2n) is 7.79. The van der Waals surface area contributed by atoms with Crippen LogP contribution < -0.4 is 5.32 Å². The van der Waals surface area contributed by atoms with Gasteiger partial charge in [0, 0.05) is 13.0 Å². The van der Waals surface area contributed by atoms with Gasteiger partial charge in [-0.15, -0.1) is 0 Å². The zero-order valence-electron chi connectivity index (χ0n) is 14.5. The predicted octanol–water partition coefficient (Wildman–Crippen LogP) is 2.05. The largest absolute Gasteiger partial charge is 0.444 e. The van der Waals surface area contributed by atoms with Crippen molar-refractivity contribution in [2.75, 3.05) is 13.1 Å². The molecule has 6 heteroatoms. The molecule has 0 aromatic heterocycles. The molecule has 2 rings (SSSR count). The molecule has 1 aliphatic heterocycles. The SMILES string of the molecule is CC(C)(C)OC(=O)N1C[C@H](O)C[C@H]1C(=O)NCC1CCCCC1. The molecule has 2 N–H and O–H groups in total. The summed E-state index contributed by atoms with van der Waals surface area (Å²) in [4.78, 5) is 26.0. The van der Waals surface area contributed by atoms with Crippen molar-refractivity contribution in [3.05, 3.63) is 0 Å². The average molecular weight is 326 g/mol. The minimum atomic E-state index is -0.673. The van der Waals surface area contributed by atoms with Crippen LogP contribution in [0.4, 0.5) is 4.79 Å². The molecule has 2 atom stereocenters. The van der Waals surface area contributed by atoms with E-state index in [-0.39, 0.29) is 18.9 Å². The van der Waals surface area contributed by atoms with E-state index in [1.54, 1.807) is 20.8 Å². The third-order valence-electron chi connectivity index (χ3n) is 4.50. The van der Waals surface area contributed by atoms with E-state index in [0.29, 0.717) is 12.5 Å². The summed E-state index contributed by atoms with van der Waals surface area (Å²) in [6, 6.07) is -0.636. The van der Waals surface area contributed by atoms with Gasteiger partial charge in [-0.05, 0) is 39.5 Å². The molecule has 1 aliphatic carbocycles. The number of β-amino-alcohol motifs (C(OH)–C–C–N with tert-alkyl or cyclic N) is 1. The van der Waals surface area contributed by atoms with Gasteiger partial charge in [-0.1, -0.05) is 19.3 Å². The molecule has 23 heavy (non-hydrogen) atoms. The van der Waals surface area contributed by atoms with E-state index in [1.807, 2.05) is 0 Å². The lowest BCUT2D eigenvalue weighted by molar-refractivity contribution is -0.125. The van der Waals surface area contributed by atoms with E-state index in [0.717, 1.165) is 12.8 Å². The minimum Gasteiger partial charge on any atom is -0.444 e. The molecule has 1 saturated carbocycles. The molecule has 0 bridgehead atoms.